The van der Waals surface area contributed by atoms with E-state index in [2.05, 4.69) is 5.32 Å². The van der Waals surface area contributed by atoms with Crippen LogP contribution in [-0.2, 0) is 9.53 Å². The van der Waals surface area contributed by atoms with Crippen molar-refractivity contribution in [3.8, 4) is 5.75 Å². The molecule has 0 fully saturated rings. The third kappa shape index (κ3) is 5.94. The lowest BCUT2D eigenvalue weighted by molar-refractivity contribution is -0.114. The number of likely N-dealkylation sites (N-methyl/N-ethyl adjacent to an activating group) is 1. The smallest absolute Gasteiger partial charge is 0.257 e. The Labute approximate surface area is 200 Å². The minimum Gasteiger partial charge on any atom is -0.491 e. The molecule has 1 aliphatic heterocycles. The maximum atomic E-state index is 13.4. The number of methoxy groups -OCH3 is 1. The molecule has 0 aromatic heterocycles. The van der Waals surface area contributed by atoms with E-state index >= 15 is 0 Å². The Morgan fingerprint density at radius 3 is 2.44 bits per heavy atom. The minimum absolute atomic E-state index is 0.0311. The highest BCUT2D eigenvalue weighted by Gasteiger charge is 2.30. The largest absolute Gasteiger partial charge is 0.491 e. The van der Waals surface area contributed by atoms with E-state index in [1.54, 1.807) is 54.3 Å². The summed E-state index contributed by atoms with van der Waals surface area (Å²) in [6.45, 7) is 6.33. The van der Waals surface area contributed by atoms with Crippen molar-refractivity contribution in [1.29, 1.82) is 0 Å². The second-order valence-corrected chi connectivity index (χ2v) is 8.81. The monoisotopic (exact) mass is 467 g/mol. The zero-order valence-electron chi connectivity index (χ0n) is 20.4. The number of carbonyl (C=O) groups excluding carboxylic acids is 3. The SMILES string of the molecule is CO[C@H]1CN(C)C(=O)c2ccc(NC(C)=O)cc2OC[C@@H](C)N(C(=O)c2ccccc2)C[C@@H]1C. The van der Waals surface area contributed by atoms with Crippen LogP contribution in [0.2, 0.25) is 0 Å². The van der Waals surface area contributed by atoms with Gasteiger partial charge in [0.15, 0.2) is 0 Å². The van der Waals surface area contributed by atoms with E-state index in [0.29, 0.717) is 35.7 Å². The fourth-order valence-electron chi connectivity index (χ4n) is 4.08. The molecule has 0 aliphatic carbocycles. The highest BCUT2D eigenvalue weighted by atomic mass is 16.5. The molecule has 2 aromatic carbocycles. The Kier molecular flexibility index (Phi) is 8.28. The van der Waals surface area contributed by atoms with Gasteiger partial charge < -0.3 is 24.6 Å². The Bertz CT molecular complexity index is 1030. The van der Waals surface area contributed by atoms with Crippen LogP contribution in [-0.4, -0.2) is 73.5 Å². The minimum atomic E-state index is -0.280. The van der Waals surface area contributed by atoms with E-state index in [1.165, 1.54) is 6.92 Å². The van der Waals surface area contributed by atoms with Gasteiger partial charge >= 0.3 is 0 Å². The number of nitrogens with zero attached hydrogens (tertiary/aromatic N) is 2. The van der Waals surface area contributed by atoms with Crippen molar-refractivity contribution < 1.29 is 23.9 Å². The van der Waals surface area contributed by atoms with Gasteiger partial charge in [-0.1, -0.05) is 25.1 Å². The molecule has 0 saturated carbocycles. The molecule has 3 atom stereocenters. The van der Waals surface area contributed by atoms with Crippen LogP contribution in [0.4, 0.5) is 5.69 Å². The molecule has 3 rings (SSSR count). The first-order valence-electron chi connectivity index (χ1n) is 11.4. The van der Waals surface area contributed by atoms with Gasteiger partial charge in [-0.3, -0.25) is 14.4 Å². The summed E-state index contributed by atoms with van der Waals surface area (Å²) < 4.78 is 11.8. The molecule has 0 unspecified atom stereocenters. The van der Waals surface area contributed by atoms with E-state index in [9.17, 15) is 14.4 Å². The third-order valence-electron chi connectivity index (χ3n) is 6.05. The van der Waals surface area contributed by atoms with Gasteiger partial charge in [-0.2, -0.15) is 0 Å². The molecule has 8 heteroatoms. The van der Waals surface area contributed by atoms with Gasteiger partial charge in [0, 0.05) is 57.4 Å². The fourth-order valence-corrected chi connectivity index (χ4v) is 4.08. The summed E-state index contributed by atoms with van der Waals surface area (Å²) in [6.07, 6.45) is -0.269. The van der Waals surface area contributed by atoms with Gasteiger partial charge in [-0.05, 0) is 31.2 Å². The van der Waals surface area contributed by atoms with Gasteiger partial charge in [0.25, 0.3) is 11.8 Å². The third-order valence-corrected chi connectivity index (χ3v) is 6.05. The second kappa shape index (κ2) is 11.2. The average Bonchev–Trinajstić information content (AvgIpc) is 2.82. The normalized spacial score (nSPS) is 21.6. The molecule has 182 valence electrons. The van der Waals surface area contributed by atoms with Gasteiger partial charge in [0.1, 0.15) is 12.4 Å². The van der Waals surface area contributed by atoms with E-state index in [1.807, 2.05) is 32.0 Å². The van der Waals surface area contributed by atoms with Gasteiger partial charge in [0.05, 0.1) is 17.7 Å². The van der Waals surface area contributed by atoms with E-state index in [4.69, 9.17) is 9.47 Å². The molecule has 0 saturated heterocycles. The topological polar surface area (TPSA) is 88.2 Å². The Balaban J connectivity index is 2.00. The molecular formula is C26H33N3O5. The fraction of sp³-hybridized carbons (Fsp3) is 0.423. The van der Waals surface area contributed by atoms with Gasteiger partial charge in [-0.25, -0.2) is 0 Å². The van der Waals surface area contributed by atoms with Crippen molar-refractivity contribution in [3.05, 3.63) is 59.7 Å². The summed E-state index contributed by atoms with van der Waals surface area (Å²) in [6, 6.07) is 13.8. The molecule has 2 aromatic rings. The number of amides is 3. The first-order chi connectivity index (χ1) is 16.2. The molecule has 1 N–H and O–H groups in total. The van der Waals surface area contributed by atoms with E-state index in [-0.39, 0.29) is 42.4 Å². The van der Waals surface area contributed by atoms with Crippen molar-refractivity contribution in [2.75, 3.05) is 39.2 Å². The van der Waals surface area contributed by atoms with E-state index in [0.717, 1.165) is 0 Å². The maximum absolute atomic E-state index is 13.4. The number of hydrogen-bond donors (Lipinski definition) is 1. The van der Waals surface area contributed by atoms with Crippen molar-refractivity contribution in [3.63, 3.8) is 0 Å². The number of ether oxygens (including phenoxy) is 2. The van der Waals surface area contributed by atoms with Crippen LogP contribution in [0.25, 0.3) is 0 Å². The first-order valence-corrected chi connectivity index (χ1v) is 11.4. The molecule has 34 heavy (non-hydrogen) atoms. The summed E-state index contributed by atoms with van der Waals surface area (Å²) in [7, 11) is 3.34. The lowest BCUT2D eigenvalue weighted by atomic mass is 10.0. The number of fused-ring (bicyclic) bond motifs is 1. The highest BCUT2D eigenvalue weighted by Crippen LogP contribution is 2.27. The van der Waals surface area contributed by atoms with Crippen LogP contribution in [0.3, 0.4) is 0 Å². The number of benzene rings is 2. The van der Waals surface area contributed by atoms with Crippen LogP contribution in [0.5, 0.6) is 5.75 Å². The van der Waals surface area contributed by atoms with Gasteiger partial charge in [0.2, 0.25) is 5.91 Å². The van der Waals surface area contributed by atoms with Crippen molar-refractivity contribution in [1.82, 2.24) is 9.80 Å². The number of anilines is 1. The number of nitrogens with one attached hydrogen (secondary N) is 1. The lowest BCUT2D eigenvalue weighted by Crippen LogP contribution is -2.48. The zero-order valence-corrected chi connectivity index (χ0v) is 20.4. The molecule has 0 radical (unpaired) electrons. The predicted molar refractivity (Wildman–Crippen MR) is 130 cm³/mol. The Hall–Kier alpha value is -3.39. The molecule has 0 spiro atoms. The number of carbonyl (C=O) groups is 3. The summed E-state index contributed by atoms with van der Waals surface area (Å²) >= 11 is 0. The number of hydrogen-bond acceptors (Lipinski definition) is 5. The van der Waals surface area contributed by atoms with Crippen LogP contribution >= 0.6 is 0 Å². The Morgan fingerprint density at radius 1 is 1.09 bits per heavy atom. The van der Waals surface area contributed by atoms with Crippen LogP contribution in [0.15, 0.2) is 48.5 Å². The van der Waals surface area contributed by atoms with Crippen LogP contribution in [0.1, 0.15) is 41.5 Å². The maximum Gasteiger partial charge on any atom is 0.257 e. The van der Waals surface area contributed by atoms with Crippen LogP contribution in [0, 0.1) is 5.92 Å². The molecule has 8 nitrogen and oxygen atoms in total. The van der Waals surface area contributed by atoms with Crippen molar-refractivity contribution in [2.45, 2.75) is 32.9 Å². The lowest BCUT2D eigenvalue weighted by Gasteiger charge is -2.36. The van der Waals surface area contributed by atoms with Crippen molar-refractivity contribution >= 4 is 23.4 Å². The zero-order chi connectivity index (χ0) is 24.8. The molecular weight excluding hydrogens is 434 g/mol. The summed E-state index contributed by atoms with van der Waals surface area (Å²) in [4.78, 5) is 41.6. The molecule has 0 bridgehead atoms. The van der Waals surface area contributed by atoms with Gasteiger partial charge in [-0.15, -0.1) is 0 Å². The first kappa shape index (κ1) is 25.2. The predicted octanol–water partition coefficient (Wildman–Crippen LogP) is 3.29. The standard InChI is InChI=1S/C26H33N3O5/c1-17-14-29(25(31)20-9-7-6-8-10-20)18(2)16-34-23-13-21(27-19(3)30)11-12-22(23)26(32)28(4)15-24(17)33-5/h6-13,17-18,24H,14-16H2,1-5H3,(H,27,30)/t17-,18+,24-/m0/s1. The van der Waals surface area contributed by atoms with Crippen molar-refractivity contribution in [2.24, 2.45) is 5.92 Å². The summed E-state index contributed by atoms with van der Waals surface area (Å²) in [5, 5.41) is 2.72. The number of rotatable bonds is 3. The molecule has 3 amide bonds. The van der Waals surface area contributed by atoms with E-state index < -0.39 is 0 Å². The summed E-state index contributed by atoms with van der Waals surface area (Å²) in [5.74, 6) is -0.196. The molecule has 1 heterocycles. The van der Waals surface area contributed by atoms with Crippen LogP contribution < -0.4 is 10.1 Å². The molecule has 1 aliphatic rings. The average molecular weight is 468 g/mol. The quantitative estimate of drug-likeness (QED) is 0.748. The second-order valence-electron chi connectivity index (χ2n) is 8.81. The highest BCUT2D eigenvalue weighted by molar-refractivity contribution is 5.98. The Morgan fingerprint density at radius 2 is 1.79 bits per heavy atom. The summed E-state index contributed by atoms with van der Waals surface area (Å²) in [5.41, 5.74) is 1.51.